The topological polar surface area (TPSA) is 8.81 Å². The molecule has 0 saturated heterocycles. The van der Waals surface area contributed by atoms with Crippen LogP contribution in [0.3, 0.4) is 0 Å². The molecule has 0 spiro atoms. The van der Waals surface area contributed by atoms with Crippen LogP contribution in [-0.2, 0) is 19.5 Å². The van der Waals surface area contributed by atoms with Gasteiger partial charge in [0.25, 0.3) is 5.82 Å². The van der Waals surface area contributed by atoms with Gasteiger partial charge in [-0.3, -0.25) is 0 Å². The van der Waals surface area contributed by atoms with Crippen LogP contribution in [0.1, 0.15) is 19.2 Å². The summed E-state index contributed by atoms with van der Waals surface area (Å²) in [7, 11) is 0. The molecule has 0 radical (unpaired) electrons. The fraction of sp³-hybridized carbons (Fsp3) is 0.417. The van der Waals surface area contributed by atoms with Gasteiger partial charge in [-0.2, -0.15) is 0 Å². The Bertz CT molecular complexity index is 467. The van der Waals surface area contributed by atoms with Gasteiger partial charge in [-0.1, -0.05) is 12.1 Å². The van der Waals surface area contributed by atoms with Crippen LogP contribution in [-0.4, -0.2) is 4.57 Å². The lowest BCUT2D eigenvalue weighted by Gasteiger charge is -1.93. The van der Waals surface area contributed by atoms with Crippen LogP contribution in [0, 0.1) is 0 Å². The Labute approximate surface area is 83.8 Å². The number of benzene rings is 1. The van der Waals surface area contributed by atoms with Crippen LogP contribution in [0.25, 0.3) is 11.0 Å². The Morgan fingerprint density at radius 1 is 1.36 bits per heavy atom. The van der Waals surface area contributed by atoms with Crippen LogP contribution in [0.15, 0.2) is 24.3 Å². The van der Waals surface area contributed by atoms with E-state index in [1.54, 1.807) is 0 Å². The number of aromatic nitrogens is 2. The number of rotatable bonds is 1. The summed E-state index contributed by atoms with van der Waals surface area (Å²) in [5.41, 5.74) is 2.80. The summed E-state index contributed by atoms with van der Waals surface area (Å²) in [5.74, 6) is 1.51. The van der Waals surface area contributed by atoms with Crippen LogP contribution >= 0.6 is 0 Å². The van der Waals surface area contributed by atoms with Crippen LogP contribution in [0.4, 0.5) is 0 Å². The summed E-state index contributed by atoms with van der Waals surface area (Å²) < 4.78 is 4.92. The van der Waals surface area contributed by atoms with E-state index in [0.717, 1.165) is 6.54 Å². The molecule has 0 N–H and O–H groups in total. The highest BCUT2D eigenvalue weighted by molar-refractivity contribution is 5.72. The van der Waals surface area contributed by atoms with Gasteiger partial charge in [0.2, 0.25) is 0 Å². The van der Waals surface area contributed by atoms with Crippen molar-refractivity contribution in [1.82, 2.24) is 4.57 Å². The molecule has 3 rings (SSSR count). The van der Waals surface area contributed by atoms with Crippen LogP contribution < -0.4 is 4.57 Å². The molecule has 1 aromatic carbocycles. The number of aryl methyl sites for hydroxylation is 2. The predicted molar refractivity (Wildman–Crippen MR) is 56.1 cm³/mol. The quantitative estimate of drug-likeness (QED) is 0.603. The van der Waals surface area contributed by atoms with E-state index >= 15 is 0 Å². The monoisotopic (exact) mass is 187 g/mol. The molecule has 0 aliphatic carbocycles. The largest absolute Gasteiger partial charge is 0.257 e. The highest BCUT2D eigenvalue weighted by Gasteiger charge is 2.27. The zero-order valence-corrected chi connectivity index (χ0v) is 8.53. The predicted octanol–water partition coefficient (Wildman–Crippen LogP) is 1.89. The van der Waals surface area contributed by atoms with E-state index in [2.05, 4.69) is 40.3 Å². The zero-order valence-electron chi connectivity index (χ0n) is 8.53. The van der Waals surface area contributed by atoms with Crippen LogP contribution in [0.2, 0.25) is 0 Å². The third-order valence-corrected chi connectivity index (χ3v) is 3.18. The molecule has 0 fully saturated rings. The van der Waals surface area contributed by atoms with Gasteiger partial charge < -0.3 is 0 Å². The van der Waals surface area contributed by atoms with Gasteiger partial charge in [0.15, 0.2) is 11.0 Å². The maximum absolute atomic E-state index is 2.47. The Balaban J connectivity index is 2.43. The van der Waals surface area contributed by atoms with E-state index in [0.29, 0.717) is 0 Å². The van der Waals surface area contributed by atoms with Crippen molar-refractivity contribution in [2.75, 3.05) is 0 Å². The molecule has 72 valence electrons. The summed E-state index contributed by atoms with van der Waals surface area (Å²) >= 11 is 0. The molecule has 2 heterocycles. The number of imidazole rings is 1. The molecule has 0 amide bonds. The van der Waals surface area contributed by atoms with Gasteiger partial charge in [-0.15, -0.1) is 0 Å². The normalized spacial score (nSPS) is 14.9. The maximum Gasteiger partial charge on any atom is 0.257 e. The maximum atomic E-state index is 2.47. The highest BCUT2D eigenvalue weighted by atomic mass is 15.2. The first-order chi connectivity index (χ1) is 6.92. The number of hydrogen-bond donors (Lipinski definition) is 0. The van der Waals surface area contributed by atoms with Gasteiger partial charge in [-0.05, 0) is 25.5 Å². The second-order valence-corrected chi connectivity index (χ2v) is 3.90. The average Bonchev–Trinajstić information content (AvgIpc) is 2.77. The van der Waals surface area contributed by atoms with Gasteiger partial charge in [0.1, 0.15) is 0 Å². The lowest BCUT2D eigenvalue weighted by molar-refractivity contribution is -0.665. The molecule has 1 aromatic heterocycles. The van der Waals surface area contributed by atoms with Gasteiger partial charge >= 0.3 is 0 Å². The van der Waals surface area contributed by atoms with Crippen LogP contribution in [0.5, 0.6) is 0 Å². The Kier molecular flexibility index (Phi) is 1.63. The summed E-state index contributed by atoms with van der Waals surface area (Å²) in [6, 6.07) is 8.72. The molecular formula is C12H15N2+. The zero-order chi connectivity index (χ0) is 9.54. The number of fused-ring (bicyclic) bond motifs is 3. The molecule has 2 aromatic rings. The van der Waals surface area contributed by atoms with E-state index in [9.17, 15) is 0 Å². The number of nitrogens with zero attached hydrogens (tertiary/aromatic N) is 2. The minimum Gasteiger partial charge on any atom is -0.227 e. The third-order valence-electron chi connectivity index (χ3n) is 3.18. The van der Waals surface area contributed by atoms with Crippen molar-refractivity contribution in [1.29, 1.82) is 0 Å². The van der Waals surface area contributed by atoms with E-state index < -0.39 is 0 Å². The van der Waals surface area contributed by atoms with E-state index in [1.165, 1.54) is 36.2 Å². The van der Waals surface area contributed by atoms with Crippen molar-refractivity contribution in [3.8, 4) is 0 Å². The fourth-order valence-electron chi connectivity index (χ4n) is 2.61. The van der Waals surface area contributed by atoms with Crippen molar-refractivity contribution >= 4 is 11.0 Å². The molecule has 0 unspecified atom stereocenters. The summed E-state index contributed by atoms with van der Waals surface area (Å²) in [6.07, 6.45) is 2.54. The lowest BCUT2D eigenvalue weighted by atomic mass is 10.3. The second kappa shape index (κ2) is 2.84. The number of para-hydroxylation sites is 2. The molecule has 14 heavy (non-hydrogen) atoms. The highest BCUT2D eigenvalue weighted by Crippen LogP contribution is 2.18. The first-order valence-electron chi connectivity index (χ1n) is 5.41. The standard InChI is InChI=1S/C12H15N2/c1-2-13-10-6-3-4-7-11(10)14-9-5-8-12(13)14/h3-4,6-7H,2,5,8-9H2,1H3/q+1. The Morgan fingerprint density at radius 2 is 2.21 bits per heavy atom. The van der Waals surface area contributed by atoms with Crippen molar-refractivity contribution in [3.05, 3.63) is 30.1 Å². The van der Waals surface area contributed by atoms with Gasteiger partial charge in [0.05, 0.1) is 19.5 Å². The minimum absolute atomic E-state index is 1.09. The molecular weight excluding hydrogens is 172 g/mol. The van der Waals surface area contributed by atoms with Gasteiger partial charge in [0, 0.05) is 0 Å². The van der Waals surface area contributed by atoms with Crippen molar-refractivity contribution in [2.45, 2.75) is 32.9 Å². The van der Waals surface area contributed by atoms with Crippen molar-refractivity contribution in [2.24, 2.45) is 0 Å². The molecule has 0 atom stereocenters. The lowest BCUT2D eigenvalue weighted by Crippen LogP contribution is -2.31. The van der Waals surface area contributed by atoms with Crippen molar-refractivity contribution < 1.29 is 4.57 Å². The van der Waals surface area contributed by atoms with E-state index in [-0.39, 0.29) is 0 Å². The SMILES string of the molecule is CCn1c2[n+](c3ccccc31)CCC2. The first kappa shape index (κ1) is 8.04. The first-order valence-corrected chi connectivity index (χ1v) is 5.41. The molecule has 0 saturated carbocycles. The van der Waals surface area contributed by atoms with E-state index in [1.807, 2.05) is 0 Å². The average molecular weight is 187 g/mol. The summed E-state index contributed by atoms with van der Waals surface area (Å²) in [4.78, 5) is 0. The number of hydrogen-bond acceptors (Lipinski definition) is 0. The third kappa shape index (κ3) is 0.884. The Morgan fingerprint density at radius 3 is 3.07 bits per heavy atom. The molecule has 1 aliphatic rings. The molecule has 2 heteroatoms. The molecule has 1 aliphatic heterocycles. The van der Waals surface area contributed by atoms with Crippen molar-refractivity contribution in [3.63, 3.8) is 0 Å². The fourth-order valence-corrected chi connectivity index (χ4v) is 2.61. The minimum atomic E-state index is 1.09. The second-order valence-electron chi connectivity index (χ2n) is 3.90. The van der Waals surface area contributed by atoms with Gasteiger partial charge in [-0.25, -0.2) is 9.13 Å². The smallest absolute Gasteiger partial charge is 0.227 e. The molecule has 2 nitrogen and oxygen atoms in total. The molecule has 0 bridgehead atoms. The Hall–Kier alpha value is -1.31. The summed E-state index contributed by atoms with van der Waals surface area (Å²) in [6.45, 7) is 4.51. The van der Waals surface area contributed by atoms with E-state index in [4.69, 9.17) is 0 Å². The summed E-state index contributed by atoms with van der Waals surface area (Å²) in [5, 5.41) is 0.